The first-order valence-electron chi connectivity index (χ1n) is 8.62. The molecule has 0 fully saturated rings. The van der Waals surface area contributed by atoms with E-state index in [1.165, 1.54) is 7.11 Å². The van der Waals surface area contributed by atoms with Gasteiger partial charge < -0.3 is 15.2 Å². The minimum Gasteiger partial charge on any atom is -0.490 e. The number of nitro groups is 1. The number of hydrogen-bond acceptors (Lipinski definition) is 5. The lowest BCUT2D eigenvalue weighted by Gasteiger charge is -2.37. The first-order valence-corrected chi connectivity index (χ1v) is 8.62. The van der Waals surface area contributed by atoms with Crippen LogP contribution in [0.5, 0.6) is 5.75 Å². The van der Waals surface area contributed by atoms with Crippen LogP contribution >= 0.6 is 0 Å². The number of nitrogens with one attached hydrogen (secondary N) is 1. The highest BCUT2D eigenvalue weighted by molar-refractivity contribution is 5.89. The zero-order valence-electron chi connectivity index (χ0n) is 14.6. The van der Waals surface area contributed by atoms with Crippen LogP contribution < -0.4 is 10.1 Å². The van der Waals surface area contributed by atoms with Crippen LogP contribution in [0, 0.1) is 16.0 Å². The van der Waals surface area contributed by atoms with Crippen LogP contribution in [0.3, 0.4) is 0 Å². The summed E-state index contributed by atoms with van der Waals surface area (Å²) >= 11 is 0. The van der Waals surface area contributed by atoms with Crippen molar-refractivity contribution >= 4 is 17.3 Å². The van der Waals surface area contributed by atoms with E-state index in [9.17, 15) is 20.0 Å². The predicted molar refractivity (Wildman–Crippen MR) is 99.4 cm³/mol. The molecule has 1 aliphatic carbocycles. The van der Waals surface area contributed by atoms with Gasteiger partial charge in [0.05, 0.1) is 23.6 Å². The van der Waals surface area contributed by atoms with Gasteiger partial charge in [-0.15, -0.1) is 0 Å². The van der Waals surface area contributed by atoms with Crippen molar-refractivity contribution in [1.29, 1.82) is 0 Å². The van der Waals surface area contributed by atoms with Crippen LogP contribution in [-0.2, 0) is 0 Å². The monoisotopic (exact) mass is 366 g/mol. The number of hydrogen-bond donors (Lipinski definition) is 2. The molecular weight excluding hydrogens is 348 g/mol. The number of allylic oxidation sites excluding steroid dienone is 2. The first-order chi connectivity index (χ1) is 13.0. The summed E-state index contributed by atoms with van der Waals surface area (Å²) in [6.07, 6.45) is 5.00. The molecule has 0 unspecified atom stereocenters. The molecule has 4 rings (SSSR count). The number of rotatable bonds is 4. The molecule has 2 aromatic rings. The van der Waals surface area contributed by atoms with Crippen molar-refractivity contribution in [2.45, 2.75) is 18.4 Å². The number of carbonyl (C=O) groups is 1. The van der Waals surface area contributed by atoms with E-state index in [1.54, 1.807) is 30.3 Å². The Morgan fingerprint density at radius 2 is 2.11 bits per heavy atom. The summed E-state index contributed by atoms with van der Waals surface area (Å²) in [6.45, 7) is 0. The molecule has 1 heterocycles. The van der Waals surface area contributed by atoms with Crippen molar-refractivity contribution in [2.24, 2.45) is 5.92 Å². The number of nitro benzene ring substituents is 1. The largest absolute Gasteiger partial charge is 0.490 e. The van der Waals surface area contributed by atoms with Gasteiger partial charge in [0, 0.05) is 17.7 Å². The highest BCUT2D eigenvalue weighted by Crippen LogP contribution is 2.50. The molecule has 0 radical (unpaired) electrons. The normalized spacial score (nSPS) is 22.5. The summed E-state index contributed by atoms with van der Waals surface area (Å²) in [6, 6.07) is 9.96. The van der Waals surface area contributed by atoms with Crippen LogP contribution in [0.1, 0.15) is 39.9 Å². The predicted octanol–water partition coefficient (Wildman–Crippen LogP) is 4.13. The van der Waals surface area contributed by atoms with E-state index in [-0.39, 0.29) is 34.9 Å². The van der Waals surface area contributed by atoms with Gasteiger partial charge in [-0.1, -0.05) is 18.2 Å². The molecule has 7 nitrogen and oxygen atoms in total. The fourth-order valence-corrected chi connectivity index (χ4v) is 4.10. The summed E-state index contributed by atoms with van der Waals surface area (Å²) < 4.78 is 5.10. The van der Waals surface area contributed by atoms with Gasteiger partial charge in [-0.2, -0.15) is 0 Å². The van der Waals surface area contributed by atoms with Gasteiger partial charge >= 0.3 is 11.7 Å². The van der Waals surface area contributed by atoms with Gasteiger partial charge in [0.25, 0.3) is 0 Å². The Labute approximate surface area is 155 Å². The Balaban J connectivity index is 1.77. The van der Waals surface area contributed by atoms with Crippen LogP contribution in [-0.4, -0.2) is 23.1 Å². The summed E-state index contributed by atoms with van der Waals surface area (Å²) in [7, 11) is 1.41. The number of benzene rings is 2. The lowest BCUT2D eigenvalue weighted by Crippen LogP contribution is -2.29. The van der Waals surface area contributed by atoms with Gasteiger partial charge in [-0.3, -0.25) is 10.1 Å². The van der Waals surface area contributed by atoms with Gasteiger partial charge in [-0.25, -0.2) is 4.79 Å². The van der Waals surface area contributed by atoms with E-state index in [4.69, 9.17) is 4.74 Å². The molecule has 7 heteroatoms. The number of aromatic carboxylic acids is 1. The number of anilines is 1. The van der Waals surface area contributed by atoms with E-state index in [2.05, 4.69) is 17.5 Å². The molecule has 0 bridgehead atoms. The minimum atomic E-state index is -0.954. The van der Waals surface area contributed by atoms with Crippen molar-refractivity contribution in [2.75, 3.05) is 12.4 Å². The molecule has 0 amide bonds. The number of carboxylic acid groups (broad SMARTS) is 1. The van der Waals surface area contributed by atoms with Crippen molar-refractivity contribution in [1.82, 2.24) is 0 Å². The maximum atomic E-state index is 11.4. The molecule has 2 N–H and O–H groups in total. The fourth-order valence-electron chi connectivity index (χ4n) is 4.10. The van der Waals surface area contributed by atoms with Gasteiger partial charge in [-0.05, 0) is 47.7 Å². The molecule has 3 atom stereocenters. The number of ether oxygens (including phenoxy) is 1. The Hall–Kier alpha value is -3.35. The molecule has 138 valence electrons. The first kappa shape index (κ1) is 17.1. The number of methoxy groups -OCH3 is 1. The van der Waals surface area contributed by atoms with Crippen molar-refractivity contribution in [3.63, 3.8) is 0 Å². The number of nitrogens with zero attached hydrogens (tertiary/aromatic N) is 1. The van der Waals surface area contributed by atoms with Crippen LogP contribution in [0.4, 0.5) is 11.4 Å². The molecule has 0 aromatic heterocycles. The Bertz CT molecular complexity index is 969. The average Bonchev–Trinajstić information content (AvgIpc) is 3.16. The smallest absolute Gasteiger partial charge is 0.335 e. The molecule has 27 heavy (non-hydrogen) atoms. The van der Waals surface area contributed by atoms with Crippen LogP contribution in [0.25, 0.3) is 0 Å². The Morgan fingerprint density at radius 3 is 2.81 bits per heavy atom. The van der Waals surface area contributed by atoms with E-state index in [1.807, 2.05) is 6.07 Å². The summed E-state index contributed by atoms with van der Waals surface area (Å²) in [5, 5.41) is 24.1. The molecule has 0 spiro atoms. The standard InChI is InChI=1S/C20H18N2O5/c1-27-18-8-6-11(10-17(18)22(25)26)19-14-4-2-3-13(14)15-9-12(20(23)24)5-7-16(15)21-19/h2-3,5-10,13-14,19,21H,4H2,1H3,(H,23,24)/t13-,14-,19+/m1/s1. The van der Waals surface area contributed by atoms with E-state index < -0.39 is 10.9 Å². The van der Waals surface area contributed by atoms with Gasteiger partial charge in [0.2, 0.25) is 0 Å². The molecule has 0 saturated carbocycles. The maximum absolute atomic E-state index is 11.4. The van der Waals surface area contributed by atoms with Crippen molar-refractivity contribution < 1.29 is 19.6 Å². The van der Waals surface area contributed by atoms with Crippen LogP contribution in [0.15, 0.2) is 48.6 Å². The quantitative estimate of drug-likeness (QED) is 0.479. The molecular formula is C20H18N2O5. The second-order valence-electron chi connectivity index (χ2n) is 6.77. The van der Waals surface area contributed by atoms with E-state index in [0.29, 0.717) is 0 Å². The van der Waals surface area contributed by atoms with E-state index in [0.717, 1.165) is 23.2 Å². The zero-order chi connectivity index (χ0) is 19.1. The SMILES string of the molecule is COc1ccc([C@@H]2Nc3ccc(C(=O)O)cc3[C@@H]3C=CC[C@H]32)cc1[N+](=O)[O-]. The lowest BCUT2D eigenvalue weighted by atomic mass is 9.76. The maximum Gasteiger partial charge on any atom is 0.335 e. The van der Waals surface area contributed by atoms with Crippen molar-refractivity contribution in [3.05, 3.63) is 75.4 Å². The van der Waals surface area contributed by atoms with E-state index >= 15 is 0 Å². The highest BCUT2D eigenvalue weighted by Gasteiger charge is 2.38. The third-order valence-corrected chi connectivity index (χ3v) is 5.37. The Morgan fingerprint density at radius 1 is 1.30 bits per heavy atom. The minimum absolute atomic E-state index is 0.0636. The second-order valence-corrected chi connectivity index (χ2v) is 6.77. The zero-order valence-corrected chi connectivity index (χ0v) is 14.6. The summed E-state index contributed by atoms with van der Waals surface area (Å²) in [4.78, 5) is 22.3. The number of carboxylic acids is 1. The molecule has 0 saturated heterocycles. The third-order valence-electron chi connectivity index (χ3n) is 5.37. The number of fused-ring (bicyclic) bond motifs is 3. The van der Waals surface area contributed by atoms with Crippen LogP contribution in [0.2, 0.25) is 0 Å². The van der Waals surface area contributed by atoms with Crippen molar-refractivity contribution in [3.8, 4) is 5.75 Å². The topological polar surface area (TPSA) is 102 Å². The molecule has 1 aliphatic heterocycles. The molecule has 2 aliphatic rings. The fraction of sp³-hybridized carbons (Fsp3) is 0.250. The lowest BCUT2D eigenvalue weighted by molar-refractivity contribution is -0.385. The van der Waals surface area contributed by atoms with Gasteiger partial charge in [0.1, 0.15) is 0 Å². The summed E-state index contributed by atoms with van der Waals surface area (Å²) in [5.41, 5.74) is 2.82. The highest BCUT2D eigenvalue weighted by atomic mass is 16.6. The third kappa shape index (κ3) is 2.81. The Kier molecular flexibility index (Phi) is 4.07. The average molecular weight is 366 g/mol. The summed E-state index contributed by atoms with van der Waals surface area (Å²) in [5.74, 6) is -0.488. The molecule has 2 aromatic carbocycles. The van der Waals surface area contributed by atoms with Gasteiger partial charge in [0.15, 0.2) is 5.75 Å². The second kappa shape index (κ2) is 6.42.